The fraction of sp³-hybridized carbons (Fsp3) is 0.389. The lowest BCUT2D eigenvalue weighted by Gasteiger charge is -2.16. The Morgan fingerprint density at radius 1 is 1.19 bits per heavy atom. The van der Waals surface area contributed by atoms with E-state index in [-0.39, 0.29) is 5.41 Å². The van der Waals surface area contributed by atoms with Crippen LogP contribution in [-0.2, 0) is 5.33 Å². The maximum Gasteiger partial charge on any atom is 0.123 e. The highest BCUT2D eigenvalue weighted by atomic mass is 79.9. The second-order valence-corrected chi connectivity index (χ2v) is 6.41. The number of alkyl halides is 1. The average molecular weight is 346 g/mol. The summed E-state index contributed by atoms with van der Waals surface area (Å²) in [5, 5.41) is 12.2. The third-order valence-electron chi connectivity index (χ3n) is 3.64. The third kappa shape index (κ3) is 3.98. The first-order valence-corrected chi connectivity index (χ1v) is 8.30. The van der Waals surface area contributed by atoms with Crippen molar-refractivity contribution in [3.05, 3.63) is 42.0 Å². The number of hydrogen-bond donors (Lipinski definition) is 0. The Hall–Kier alpha value is -1.53. The number of fused-ring (bicyclic) bond motifs is 1. The molecule has 0 saturated carbocycles. The number of benzene rings is 2. The van der Waals surface area contributed by atoms with Crippen molar-refractivity contribution in [2.75, 3.05) is 6.61 Å². The van der Waals surface area contributed by atoms with Crippen LogP contribution >= 0.6 is 15.9 Å². The molecule has 0 fully saturated rings. The van der Waals surface area contributed by atoms with Crippen molar-refractivity contribution in [1.29, 1.82) is 5.26 Å². The molecule has 0 atom stereocenters. The average Bonchev–Trinajstić information content (AvgIpc) is 2.51. The van der Waals surface area contributed by atoms with Crippen LogP contribution < -0.4 is 4.74 Å². The largest absolute Gasteiger partial charge is 0.493 e. The normalized spacial score (nSPS) is 11.3. The first-order chi connectivity index (χ1) is 10.1. The van der Waals surface area contributed by atoms with Crippen LogP contribution in [0.25, 0.3) is 10.8 Å². The maximum atomic E-state index is 9.01. The summed E-state index contributed by atoms with van der Waals surface area (Å²) in [6.45, 7) is 4.57. The minimum atomic E-state index is -0.273. The van der Waals surface area contributed by atoms with E-state index in [1.807, 2.05) is 32.0 Å². The molecule has 2 aromatic carbocycles. The fourth-order valence-electron chi connectivity index (χ4n) is 2.34. The Morgan fingerprint density at radius 3 is 2.67 bits per heavy atom. The van der Waals surface area contributed by atoms with Crippen molar-refractivity contribution in [3.8, 4) is 11.8 Å². The predicted octanol–water partition coefficient (Wildman–Crippen LogP) is 5.44. The number of rotatable bonds is 6. The van der Waals surface area contributed by atoms with E-state index >= 15 is 0 Å². The van der Waals surface area contributed by atoms with E-state index in [9.17, 15) is 0 Å². The molecule has 0 radical (unpaired) electrons. The van der Waals surface area contributed by atoms with Gasteiger partial charge in [0.1, 0.15) is 5.75 Å². The molecule has 0 saturated heterocycles. The van der Waals surface area contributed by atoms with E-state index < -0.39 is 0 Å². The van der Waals surface area contributed by atoms with Gasteiger partial charge in [-0.3, -0.25) is 0 Å². The molecule has 0 amide bonds. The Labute approximate surface area is 134 Å². The van der Waals surface area contributed by atoms with E-state index in [0.717, 1.165) is 23.9 Å². The lowest BCUT2D eigenvalue weighted by Crippen LogP contribution is -2.10. The van der Waals surface area contributed by atoms with E-state index in [1.165, 1.54) is 16.3 Å². The van der Waals surface area contributed by atoms with Crippen LogP contribution in [0, 0.1) is 16.7 Å². The van der Waals surface area contributed by atoms with Crippen molar-refractivity contribution in [3.63, 3.8) is 0 Å². The number of nitrogens with zero attached hydrogens (tertiary/aromatic N) is 1. The van der Waals surface area contributed by atoms with Gasteiger partial charge in [-0.2, -0.15) is 5.26 Å². The molecule has 0 aromatic heterocycles. The zero-order valence-corrected chi connectivity index (χ0v) is 14.1. The zero-order chi connectivity index (χ0) is 15.3. The number of halogens is 1. The van der Waals surface area contributed by atoms with Crippen molar-refractivity contribution in [2.24, 2.45) is 5.41 Å². The van der Waals surface area contributed by atoms with Crippen LogP contribution in [0.4, 0.5) is 0 Å². The van der Waals surface area contributed by atoms with Gasteiger partial charge in [-0.1, -0.05) is 46.3 Å². The van der Waals surface area contributed by atoms with Gasteiger partial charge in [0.25, 0.3) is 0 Å². The quantitative estimate of drug-likeness (QED) is 0.515. The molecular weight excluding hydrogens is 326 g/mol. The maximum absolute atomic E-state index is 9.01. The molecule has 0 heterocycles. The van der Waals surface area contributed by atoms with Crippen molar-refractivity contribution in [2.45, 2.75) is 32.0 Å². The second-order valence-electron chi connectivity index (χ2n) is 5.84. The Kier molecular flexibility index (Phi) is 5.25. The minimum absolute atomic E-state index is 0.273. The molecule has 0 N–H and O–H groups in total. The first kappa shape index (κ1) is 15.9. The lowest BCUT2D eigenvalue weighted by atomic mass is 9.90. The highest BCUT2D eigenvalue weighted by Crippen LogP contribution is 2.30. The van der Waals surface area contributed by atoms with E-state index in [4.69, 9.17) is 10.00 Å². The minimum Gasteiger partial charge on any atom is -0.493 e. The van der Waals surface area contributed by atoms with Gasteiger partial charge < -0.3 is 4.74 Å². The van der Waals surface area contributed by atoms with Crippen LogP contribution in [0.5, 0.6) is 5.75 Å². The molecule has 0 unspecified atom stereocenters. The second kappa shape index (κ2) is 6.95. The van der Waals surface area contributed by atoms with Crippen LogP contribution in [0.2, 0.25) is 0 Å². The molecule has 2 nitrogen and oxygen atoms in total. The van der Waals surface area contributed by atoms with E-state index in [2.05, 4.69) is 40.2 Å². The fourth-order valence-corrected chi connectivity index (χ4v) is 2.92. The van der Waals surface area contributed by atoms with Gasteiger partial charge in [-0.25, -0.2) is 0 Å². The SMILES string of the molecule is CC(C)(C#N)CCCOc1ccc2ccccc2c1CBr. The summed E-state index contributed by atoms with van der Waals surface area (Å²) in [4.78, 5) is 0. The highest BCUT2D eigenvalue weighted by molar-refractivity contribution is 9.08. The molecule has 2 rings (SSSR count). The van der Waals surface area contributed by atoms with Gasteiger partial charge in [0.2, 0.25) is 0 Å². The molecule has 110 valence electrons. The summed E-state index contributed by atoms with van der Waals surface area (Å²) in [7, 11) is 0. The summed E-state index contributed by atoms with van der Waals surface area (Å²) in [5.74, 6) is 0.931. The smallest absolute Gasteiger partial charge is 0.123 e. The molecule has 21 heavy (non-hydrogen) atoms. The topological polar surface area (TPSA) is 33.0 Å². The third-order valence-corrected chi connectivity index (χ3v) is 4.20. The highest BCUT2D eigenvalue weighted by Gasteiger charge is 2.16. The van der Waals surface area contributed by atoms with E-state index in [1.54, 1.807) is 0 Å². The van der Waals surface area contributed by atoms with Crippen LogP contribution in [-0.4, -0.2) is 6.61 Å². The summed E-state index contributed by atoms with van der Waals surface area (Å²) in [6, 6.07) is 14.8. The molecule has 0 spiro atoms. The number of hydrogen-bond acceptors (Lipinski definition) is 2. The summed E-state index contributed by atoms with van der Waals surface area (Å²) < 4.78 is 5.94. The van der Waals surface area contributed by atoms with Gasteiger partial charge in [-0.05, 0) is 43.5 Å². The predicted molar refractivity (Wildman–Crippen MR) is 90.7 cm³/mol. The lowest BCUT2D eigenvalue weighted by molar-refractivity contribution is 0.283. The van der Waals surface area contributed by atoms with Gasteiger partial charge in [0.15, 0.2) is 0 Å². The number of nitriles is 1. The first-order valence-electron chi connectivity index (χ1n) is 7.18. The Bertz CT molecular complexity index is 658. The van der Waals surface area contributed by atoms with Crippen LogP contribution in [0.15, 0.2) is 36.4 Å². The molecule has 0 bridgehead atoms. The molecule has 0 aliphatic heterocycles. The molecule has 2 aromatic rings. The van der Waals surface area contributed by atoms with Crippen LogP contribution in [0.3, 0.4) is 0 Å². The zero-order valence-electron chi connectivity index (χ0n) is 12.5. The van der Waals surface area contributed by atoms with Gasteiger partial charge in [0, 0.05) is 10.9 Å². The Balaban J connectivity index is 2.07. The van der Waals surface area contributed by atoms with Gasteiger partial charge >= 0.3 is 0 Å². The molecule has 0 aliphatic carbocycles. The monoisotopic (exact) mass is 345 g/mol. The summed E-state index contributed by atoms with van der Waals surface area (Å²) in [6.07, 6.45) is 1.73. The van der Waals surface area contributed by atoms with Gasteiger partial charge in [-0.15, -0.1) is 0 Å². The summed E-state index contributed by atoms with van der Waals surface area (Å²) >= 11 is 3.56. The molecule has 3 heteroatoms. The van der Waals surface area contributed by atoms with Gasteiger partial charge in [0.05, 0.1) is 18.1 Å². The number of ether oxygens (including phenoxy) is 1. The van der Waals surface area contributed by atoms with Crippen LogP contribution in [0.1, 0.15) is 32.3 Å². The van der Waals surface area contributed by atoms with Crippen molar-refractivity contribution < 1.29 is 4.74 Å². The van der Waals surface area contributed by atoms with Crippen molar-refractivity contribution >= 4 is 26.7 Å². The Morgan fingerprint density at radius 2 is 1.95 bits per heavy atom. The molecular formula is C18H20BrNO. The standard InChI is InChI=1S/C18H20BrNO/c1-18(2,13-20)10-5-11-21-17-9-8-14-6-3-4-7-15(14)16(17)12-19/h3-4,6-9H,5,10-12H2,1-2H3. The molecule has 0 aliphatic rings. The summed E-state index contributed by atoms with van der Waals surface area (Å²) in [5.41, 5.74) is 0.915. The van der Waals surface area contributed by atoms with E-state index in [0.29, 0.717) is 6.61 Å². The van der Waals surface area contributed by atoms with Crippen molar-refractivity contribution in [1.82, 2.24) is 0 Å².